The zero-order chi connectivity index (χ0) is 32.1. The molecule has 13 nitrogen and oxygen atoms in total. The highest BCUT2D eigenvalue weighted by Crippen LogP contribution is 2.26. The summed E-state index contributed by atoms with van der Waals surface area (Å²) in [5.74, 6) is -0.988. The van der Waals surface area contributed by atoms with E-state index in [4.69, 9.17) is 28.8 Å². The van der Waals surface area contributed by atoms with Gasteiger partial charge in [0.15, 0.2) is 28.4 Å². The normalized spacial score (nSPS) is 12.8. The Labute approximate surface area is 261 Å². The summed E-state index contributed by atoms with van der Waals surface area (Å²) in [5.41, 5.74) is 20.2. The number of hydrogen-bond donors (Lipinski definition) is 8. The molecule has 1 aromatic heterocycles. The number of aliphatic imine (C=N–C) groups is 1. The molecule has 0 aliphatic rings. The lowest BCUT2D eigenvalue weighted by molar-refractivity contribution is -0.105. The predicted octanol–water partition coefficient (Wildman–Crippen LogP) is 2.67. The van der Waals surface area contributed by atoms with Crippen LogP contribution in [-0.4, -0.2) is 57.6 Å². The standard InChI is InChI=1S/C30H40ClN9O4/c1-18(36-16-24(43)21-12-13-23(42)22(15-21)37-17-41)5-4-7-20-10-8-19(9-11-20)6-2-3-14-35-30(34)40-29(44)25-27(32)39-28(33)26(31)38-25/h8-13,15,17-18,24,36,42-43H,2-7,14,16H2,1H3,(H,37,41)(H4,32,33,39)(H3,34,35,40,44). The topological polar surface area (TPSA) is 227 Å². The lowest BCUT2D eigenvalue weighted by atomic mass is 10.0. The van der Waals surface area contributed by atoms with E-state index in [1.807, 2.05) is 0 Å². The number of amides is 2. The number of aryl methyl sites for hydroxylation is 2. The number of aromatic hydroxyl groups is 1. The van der Waals surface area contributed by atoms with Crippen LogP contribution in [0.5, 0.6) is 5.75 Å². The average molecular weight is 626 g/mol. The lowest BCUT2D eigenvalue weighted by Gasteiger charge is -2.18. The Morgan fingerprint density at radius 3 is 2.41 bits per heavy atom. The second kappa shape index (κ2) is 17.0. The molecule has 3 aromatic rings. The number of carbonyl (C=O) groups excluding carboxylic acids is 2. The van der Waals surface area contributed by atoms with E-state index in [1.165, 1.54) is 17.2 Å². The maximum Gasteiger partial charge on any atom is 0.280 e. The molecule has 236 valence electrons. The summed E-state index contributed by atoms with van der Waals surface area (Å²) in [6, 6.07) is 13.4. The van der Waals surface area contributed by atoms with Gasteiger partial charge < -0.3 is 38.0 Å². The zero-order valence-corrected chi connectivity index (χ0v) is 25.3. The third-order valence-electron chi connectivity index (χ3n) is 6.92. The maximum atomic E-state index is 12.3. The first kappa shape index (κ1) is 34.0. The molecule has 0 aliphatic heterocycles. The van der Waals surface area contributed by atoms with Crippen LogP contribution >= 0.6 is 11.6 Å². The minimum absolute atomic E-state index is 0.0474. The van der Waals surface area contributed by atoms with Crippen molar-refractivity contribution < 1.29 is 19.8 Å². The number of aromatic nitrogens is 2. The monoisotopic (exact) mass is 625 g/mol. The number of anilines is 3. The highest BCUT2D eigenvalue weighted by Gasteiger charge is 2.17. The predicted molar refractivity (Wildman–Crippen MR) is 172 cm³/mol. The van der Waals surface area contributed by atoms with E-state index in [0.29, 0.717) is 25.1 Å². The maximum absolute atomic E-state index is 12.3. The number of rotatable bonds is 16. The Hall–Kier alpha value is -4.46. The Morgan fingerprint density at radius 1 is 1.05 bits per heavy atom. The van der Waals surface area contributed by atoms with Crippen LogP contribution in [0.3, 0.4) is 0 Å². The van der Waals surface area contributed by atoms with Crippen LogP contribution in [0.4, 0.5) is 17.3 Å². The van der Waals surface area contributed by atoms with E-state index >= 15 is 0 Å². The number of aliphatic hydroxyl groups excluding tert-OH is 1. The van der Waals surface area contributed by atoms with E-state index in [9.17, 15) is 19.8 Å². The number of carbonyl (C=O) groups is 2. The molecule has 0 saturated heterocycles. The van der Waals surface area contributed by atoms with E-state index in [2.05, 4.69) is 62.1 Å². The number of hydrogen-bond acceptors (Lipinski definition) is 10. The molecule has 0 bridgehead atoms. The Bertz CT molecular complexity index is 1440. The number of benzene rings is 2. The Kier molecular flexibility index (Phi) is 13.1. The first-order chi connectivity index (χ1) is 21.1. The van der Waals surface area contributed by atoms with Gasteiger partial charge in [-0.05, 0) is 74.3 Å². The number of halogens is 1. The molecular formula is C30H40ClN9O4. The lowest BCUT2D eigenvalue weighted by Crippen LogP contribution is -2.38. The number of nitrogens with one attached hydrogen (secondary N) is 3. The first-order valence-corrected chi connectivity index (χ1v) is 14.7. The Balaban J connectivity index is 1.31. The van der Waals surface area contributed by atoms with E-state index in [-0.39, 0.29) is 45.9 Å². The third-order valence-corrected chi connectivity index (χ3v) is 7.20. The number of nitrogen functional groups attached to an aromatic ring is 2. The fourth-order valence-electron chi connectivity index (χ4n) is 4.42. The molecule has 0 spiro atoms. The van der Waals surface area contributed by atoms with Crippen molar-refractivity contribution >= 4 is 47.2 Å². The van der Waals surface area contributed by atoms with Crippen LogP contribution in [0.2, 0.25) is 5.15 Å². The number of aliphatic hydroxyl groups is 1. The quantitative estimate of drug-likeness (QED) is 0.0381. The van der Waals surface area contributed by atoms with Crippen molar-refractivity contribution in [1.29, 1.82) is 0 Å². The number of phenols is 1. The molecule has 0 aliphatic carbocycles. The SMILES string of the molecule is CC(CCCc1ccc(CCCCN=C(N)NC(=O)c2nc(Cl)c(N)nc2N)cc1)NCC(O)c1ccc(O)c(NC=O)c1. The molecule has 3 rings (SSSR count). The van der Waals surface area contributed by atoms with Crippen LogP contribution in [0.25, 0.3) is 0 Å². The van der Waals surface area contributed by atoms with Crippen molar-refractivity contribution in [3.8, 4) is 5.75 Å². The molecule has 2 amide bonds. The van der Waals surface area contributed by atoms with Crippen LogP contribution in [0, 0.1) is 0 Å². The van der Waals surface area contributed by atoms with Crippen molar-refractivity contribution in [1.82, 2.24) is 20.6 Å². The number of phenolic OH excluding ortho intramolecular Hbond substituents is 1. The Morgan fingerprint density at radius 2 is 1.73 bits per heavy atom. The minimum atomic E-state index is -0.765. The fraction of sp³-hybridized carbons (Fsp3) is 0.367. The highest BCUT2D eigenvalue weighted by molar-refractivity contribution is 6.31. The number of nitrogens with two attached hydrogens (primary N) is 3. The van der Waals surface area contributed by atoms with Gasteiger partial charge in [0.2, 0.25) is 6.41 Å². The first-order valence-electron chi connectivity index (χ1n) is 14.3. The van der Waals surface area contributed by atoms with Gasteiger partial charge in [-0.15, -0.1) is 0 Å². The molecule has 2 unspecified atom stereocenters. The number of unbranched alkanes of at least 4 members (excludes halogenated alkanes) is 1. The van der Waals surface area contributed by atoms with Crippen molar-refractivity contribution in [2.45, 2.75) is 57.6 Å². The van der Waals surface area contributed by atoms with Crippen molar-refractivity contribution in [3.05, 3.63) is 70.0 Å². The van der Waals surface area contributed by atoms with Crippen LogP contribution < -0.4 is 33.2 Å². The van der Waals surface area contributed by atoms with Gasteiger partial charge >= 0.3 is 0 Å². The molecule has 2 atom stereocenters. The molecule has 0 saturated carbocycles. The van der Waals surface area contributed by atoms with E-state index in [0.717, 1.165) is 38.5 Å². The van der Waals surface area contributed by atoms with Crippen LogP contribution in [-0.2, 0) is 17.6 Å². The van der Waals surface area contributed by atoms with Gasteiger partial charge in [-0.1, -0.05) is 41.9 Å². The summed E-state index contributed by atoms with van der Waals surface area (Å²) in [6.07, 6.45) is 5.20. The third kappa shape index (κ3) is 10.7. The fourth-order valence-corrected chi connectivity index (χ4v) is 4.55. The molecule has 14 heteroatoms. The van der Waals surface area contributed by atoms with E-state index < -0.39 is 12.0 Å². The molecule has 1 heterocycles. The van der Waals surface area contributed by atoms with Gasteiger partial charge in [0.25, 0.3) is 5.91 Å². The molecular weight excluding hydrogens is 586 g/mol. The van der Waals surface area contributed by atoms with Crippen molar-refractivity contribution in [2.24, 2.45) is 10.7 Å². The highest BCUT2D eigenvalue weighted by atomic mass is 35.5. The van der Waals surface area contributed by atoms with Gasteiger partial charge in [0.1, 0.15) is 5.75 Å². The smallest absolute Gasteiger partial charge is 0.280 e. The zero-order valence-electron chi connectivity index (χ0n) is 24.6. The number of guanidine groups is 1. The average Bonchev–Trinajstić information content (AvgIpc) is 2.99. The minimum Gasteiger partial charge on any atom is -0.506 e. The molecule has 11 N–H and O–H groups in total. The largest absolute Gasteiger partial charge is 0.506 e. The van der Waals surface area contributed by atoms with Gasteiger partial charge in [0.05, 0.1) is 11.8 Å². The summed E-state index contributed by atoms with van der Waals surface area (Å²) < 4.78 is 0. The summed E-state index contributed by atoms with van der Waals surface area (Å²) in [6.45, 7) is 2.89. The van der Waals surface area contributed by atoms with Crippen molar-refractivity contribution in [3.63, 3.8) is 0 Å². The van der Waals surface area contributed by atoms with Gasteiger partial charge in [-0.25, -0.2) is 9.97 Å². The second-order valence-electron chi connectivity index (χ2n) is 10.4. The van der Waals surface area contributed by atoms with Crippen LogP contribution in [0.1, 0.15) is 65.9 Å². The van der Waals surface area contributed by atoms with Crippen LogP contribution in [0.15, 0.2) is 47.5 Å². The molecule has 0 fully saturated rings. The molecule has 0 radical (unpaired) electrons. The van der Waals surface area contributed by atoms with E-state index in [1.54, 1.807) is 12.1 Å². The van der Waals surface area contributed by atoms with Gasteiger partial charge in [0, 0.05) is 19.1 Å². The molecule has 44 heavy (non-hydrogen) atoms. The van der Waals surface area contributed by atoms with Crippen molar-refractivity contribution in [2.75, 3.05) is 29.9 Å². The summed E-state index contributed by atoms with van der Waals surface area (Å²) in [5, 5.41) is 28.3. The number of nitrogens with zero attached hydrogens (tertiary/aromatic N) is 3. The van der Waals surface area contributed by atoms with Gasteiger partial charge in [-0.2, -0.15) is 0 Å². The summed E-state index contributed by atoms with van der Waals surface area (Å²) in [4.78, 5) is 34.8. The van der Waals surface area contributed by atoms with Gasteiger partial charge in [-0.3, -0.25) is 19.9 Å². The summed E-state index contributed by atoms with van der Waals surface area (Å²) >= 11 is 5.81. The molecule has 2 aromatic carbocycles. The second-order valence-corrected chi connectivity index (χ2v) is 10.7. The summed E-state index contributed by atoms with van der Waals surface area (Å²) in [7, 11) is 0.